The maximum atomic E-state index is 14.4. The van der Waals surface area contributed by atoms with Crippen LogP contribution in [0.5, 0.6) is 5.88 Å². The number of carbonyl (C=O) groups is 1. The Labute approximate surface area is 241 Å². The van der Waals surface area contributed by atoms with E-state index in [1.165, 1.54) is 18.2 Å². The number of aliphatic hydroxyl groups is 1. The van der Waals surface area contributed by atoms with Crippen LogP contribution < -0.4 is 21.3 Å². The predicted molar refractivity (Wildman–Crippen MR) is 160 cm³/mol. The number of para-hydroxylation sites is 1. The summed E-state index contributed by atoms with van der Waals surface area (Å²) < 4.78 is 6.85. The van der Waals surface area contributed by atoms with Gasteiger partial charge in [0.05, 0.1) is 36.3 Å². The molecule has 0 unspecified atom stereocenters. The molecule has 0 aliphatic rings. The van der Waals surface area contributed by atoms with Crippen molar-refractivity contribution in [2.24, 2.45) is 0 Å². The van der Waals surface area contributed by atoms with Crippen LogP contribution in [0.15, 0.2) is 77.9 Å². The van der Waals surface area contributed by atoms with Crippen LogP contribution in [0.2, 0.25) is 0 Å². The molecule has 4 N–H and O–H groups in total. The molecule has 12 heteroatoms. The van der Waals surface area contributed by atoms with Crippen LogP contribution >= 0.6 is 0 Å². The summed E-state index contributed by atoms with van der Waals surface area (Å²) in [5, 5.41) is 12.9. The number of nitrogens with two attached hydrogens (primary N) is 1. The van der Waals surface area contributed by atoms with Gasteiger partial charge in [0, 0.05) is 32.1 Å². The molecule has 1 atom stereocenters. The molecule has 1 amide bonds. The summed E-state index contributed by atoms with van der Waals surface area (Å²) >= 11 is 0. The van der Waals surface area contributed by atoms with E-state index in [9.17, 15) is 14.7 Å². The first kappa shape index (κ1) is 28.2. The second-order valence-electron chi connectivity index (χ2n) is 9.54. The van der Waals surface area contributed by atoms with E-state index < -0.39 is 11.9 Å². The molecule has 0 fully saturated rings. The van der Waals surface area contributed by atoms with E-state index >= 15 is 0 Å². The molecule has 0 saturated carbocycles. The molecule has 3 aromatic heterocycles. The van der Waals surface area contributed by atoms with E-state index in [-0.39, 0.29) is 36.0 Å². The van der Waals surface area contributed by atoms with Crippen LogP contribution in [0.4, 0.5) is 11.8 Å². The summed E-state index contributed by atoms with van der Waals surface area (Å²) in [6.45, 7) is 1.74. The van der Waals surface area contributed by atoms with E-state index in [2.05, 4.69) is 20.3 Å². The number of hydrogen-bond donors (Lipinski definition) is 3. The number of fused-ring (bicyclic) bond motifs is 1. The smallest absolute Gasteiger partial charge is 0.266 e. The number of nitrogens with zero attached hydrogens (tertiary/aromatic N) is 6. The van der Waals surface area contributed by atoms with Crippen molar-refractivity contribution in [1.82, 2.24) is 29.4 Å². The molecule has 5 aromatic rings. The number of rotatable bonds is 9. The standard InChI is InChI=1S/C30H30N8O4/c1-18(34-26-22(17-33-30(31)36-26)28(40)37(2)14-15-39)27-35-23-11-7-10-21(19-12-13-32-24(16-19)42-3)25(23)29(41)38(27)20-8-5-4-6-9-20/h4-13,16-18,39H,14-15H2,1-3H3,(H3,31,33,34,36)/t18-/m1/s1. The number of nitrogen functional groups attached to an aromatic ring is 1. The molecule has 0 radical (unpaired) electrons. The lowest BCUT2D eigenvalue weighted by atomic mass is 10.0. The van der Waals surface area contributed by atoms with Crippen molar-refractivity contribution in [2.75, 3.05) is 38.4 Å². The second kappa shape index (κ2) is 12.0. The minimum atomic E-state index is -0.615. The summed E-state index contributed by atoms with van der Waals surface area (Å²) in [5.41, 5.74) is 8.32. The van der Waals surface area contributed by atoms with Crippen molar-refractivity contribution >= 4 is 28.6 Å². The highest BCUT2D eigenvalue weighted by Crippen LogP contribution is 2.30. The quantitative estimate of drug-likeness (QED) is 0.242. The molecular weight excluding hydrogens is 536 g/mol. The minimum Gasteiger partial charge on any atom is -0.481 e. The van der Waals surface area contributed by atoms with Gasteiger partial charge in [-0.05, 0) is 42.3 Å². The zero-order valence-corrected chi connectivity index (χ0v) is 23.4. The van der Waals surface area contributed by atoms with E-state index in [1.807, 2.05) is 55.5 Å². The molecule has 3 heterocycles. The largest absolute Gasteiger partial charge is 0.481 e. The fourth-order valence-corrected chi connectivity index (χ4v) is 4.68. The van der Waals surface area contributed by atoms with Gasteiger partial charge in [-0.2, -0.15) is 4.98 Å². The number of carbonyl (C=O) groups excluding carboxylic acids is 1. The number of aromatic nitrogens is 5. The Morgan fingerprint density at radius 2 is 1.90 bits per heavy atom. The van der Waals surface area contributed by atoms with Crippen molar-refractivity contribution in [3.8, 4) is 22.7 Å². The number of aliphatic hydroxyl groups excluding tert-OH is 1. The highest BCUT2D eigenvalue weighted by atomic mass is 16.5. The van der Waals surface area contributed by atoms with Crippen molar-refractivity contribution in [2.45, 2.75) is 13.0 Å². The Morgan fingerprint density at radius 3 is 2.64 bits per heavy atom. The molecule has 0 aliphatic carbocycles. The summed E-state index contributed by atoms with van der Waals surface area (Å²) in [4.78, 5) is 46.2. The van der Waals surface area contributed by atoms with Gasteiger partial charge in [0.1, 0.15) is 17.2 Å². The average molecular weight is 567 g/mol. The summed E-state index contributed by atoms with van der Waals surface area (Å²) in [6.07, 6.45) is 2.96. The fraction of sp³-hybridized carbons (Fsp3) is 0.200. The molecule has 2 aromatic carbocycles. The van der Waals surface area contributed by atoms with E-state index in [0.717, 1.165) is 5.56 Å². The van der Waals surface area contributed by atoms with Crippen molar-refractivity contribution in [3.63, 3.8) is 0 Å². The zero-order valence-electron chi connectivity index (χ0n) is 23.4. The monoisotopic (exact) mass is 566 g/mol. The molecule has 0 saturated heterocycles. The van der Waals surface area contributed by atoms with Crippen LogP contribution in [0.1, 0.15) is 29.1 Å². The third-order valence-corrected chi connectivity index (χ3v) is 6.75. The van der Waals surface area contributed by atoms with Gasteiger partial charge in [-0.1, -0.05) is 30.3 Å². The second-order valence-corrected chi connectivity index (χ2v) is 9.54. The van der Waals surface area contributed by atoms with Crippen LogP contribution in [0, 0.1) is 0 Å². The van der Waals surface area contributed by atoms with Crippen LogP contribution in [0.25, 0.3) is 27.7 Å². The maximum Gasteiger partial charge on any atom is 0.266 e. The van der Waals surface area contributed by atoms with Crippen molar-refractivity contribution < 1.29 is 14.6 Å². The Bertz CT molecular complexity index is 1810. The number of ether oxygens (including phenoxy) is 1. The lowest BCUT2D eigenvalue weighted by Crippen LogP contribution is -2.31. The maximum absolute atomic E-state index is 14.4. The van der Waals surface area contributed by atoms with E-state index in [0.29, 0.717) is 33.9 Å². The molecule has 0 spiro atoms. The third kappa shape index (κ3) is 5.47. The van der Waals surface area contributed by atoms with Gasteiger partial charge in [0.2, 0.25) is 11.8 Å². The topological polar surface area (TPSA) is 161 Å². The lowest BCUT2D eigenvalue weighted by molar-refractivity contribution is 0.0767. The van der Waals surface area contributed by atoms with Crippen LogP contribution in [-0.2, 0) is 0 Å². The van der Waals surface area contributed by atoms with Crippen LogP contribution in [0.3, 0.4) is 0 Å². The number of likely N-dealkylation sites (N-methyl/N-ethyl adjacent to an activating group) is 1. The van der Waals surface area contributed by atoms with Gasteiger partial charge in [0.25, 0.3) is 11.5 Å². The minimum absolute atomic E-state index is 0.0320. The molecule has 5 rings (SSSR count). The molecular formula is C30H30N8O4. The first-order valence-electron chi connectivity index (χ1n) is 13.2. The van der Waals surface area contributed by atoms with Crippen LogP contribution in [-0.4, -0.2) is 67.7 Å². The highest BCUT2D eigenvalue weighted by molar-refractivity contribution is 5.98. The number of amides is 1. The highest BCUT2D eigenvalue weighted by Gasteiger charge is 2.24. The van der Waals surface area contributed by atoms with Crippen molar-refractivity contribution in [1.29, 1.82) is 0 Å². The Hall–Kier alpha value is -5.36. The number of hydrogen-bond acceptors (Lipinski definition) is 10. The van der Waals surface area contributed by atoms with E-state index in [4.69, 9.17) is 15.5 Å². The Morgan fingerprint density at radius 1 is 1.12 bits per heavy atom. The van der Waals surface area contributed by atoms with Gasteiger partial charge in [-0.25, -0.2) is 15.0 Å². The molecule has 0 bridgehead atoms. The fourth-order valence-electron chi connectivity index (χ4n) is 4.68. The summed E-state index contributed by atoms with van der Waals surface area (Å²) in [6, 6.07) is 17.6. The number of nitrogens with one attached hydrogen (secondary N) is 1. The average Bonchev–Trinajstić information content (AvgIpc) is 3.01. The number of anilines is 2. The van der Waals surface area contributed by atoms with Gasteiger partial charge >= 0.3 is 0 Å². The first-order chi connectivity index (χ1) is 20.3. The van der Waals surface area contributed by atoms with Gasteiger partial charge in [0.15, 0.2) is 0 Å². The number of methoxy groups -OCH3 is 1. The lowest BCUT2D eigenvalue weighted by Gasteiger charge is -2.23. The molecule has 214 valence electrons. The SMILES string of the molecule is COc1cc(-c2cccc3nc([C@@H](C)Nc4nc(N)ncc4C(=O)N(C)CCO)n(-c4ccccc4)c(=O)c23)ccn1. The number of pyridine rings is 1. The third-order valence-electron chi connectivity index (χ3n) is 6.75. The summed E-state index contributed by atoms with van der Waals surface area (Å²) in [5.74, 6) is 0.562. The Balaban J connectivity index is 1.68. The normalized spacial score (nSPS) is 11.7. The number of benzene rings is 2. The van der Waals surface area contributed by atoms with E-state index in [1.54, 1.807) is 29.9 Å². The van der Waals surface area contributed by atoms with Gasteiger partial charge < -0.3 is 25.8 Å². The molecule has 0 aliphatic heterocycles. The van der Waals surface area contributed by atoms with Gasteiger partial charge in [-0.15, -0.1) is 0 Å². The first-order valence-corrected chi connectivity index (χ1v) is 13.2. The predicted octanol–water partition coefficient (Wildman–Crippen LogP) is 3.07. The Kier molecular flexibility index (Phi) is 8.07. The molecule has 12 nitrogen and oxygen atoms in total. The van der Waals surface area contributed by atoms with Crippen molar-refractivity contribution in [3.05, 3.63) is 94.8 Å². The van der Waals surface area contributed by atoms with Gasteiger partial charge in [-0.3, -0.25) is 14.2 Å². The summed E-state index contributed by atoms with van der Waals surface area (Å²) in [7, 11) is 3.10. The molecule has 42 heavy (non-hydrogen) atoms. The zero-order chi connectivity index (χ0) is 29.8.